The van der Waals surface area contributed by atoms with Gasteiger partial charge in [-0.25, -0.2) is 4.98 Å². The number of nitrogens with zero attached hydrogens (tertiary/aromatic N) is 1. The summed E-state index contributed by atoms with van der Waals surface area (Å²) in [6.45, 7) is 5.95. The van der Waals surface area contributed by atoms with Crippen molar-refractivity contribution in [2.24, 2.45) is 5.92 Å². The van der Waals surface area contributed by atoms with Crippen molar-refractivity contribution in [3.05, 3.63) is 40.3 Å². The van der Waals surface area contributed by atoms with E-state index in [1.807, 2.05) is 0 Å². The smallest absolute Gasteiger partial charge is 0.484 e. The molecule has 206 valence electrons. The summed E-state index contributed by atoms with van der Waals surface area (Å²) in [4.78, 5) is 28.5. The van der Waals surface area contributed by atoms with Crippen molar-refractivity contribution in [3.8, 4) is 11.5 Å². The molecule has 1 aromatic heterocycles. The average Bonchev–Trinajstić information content (AvgIpc) is 3.34. The zero-order valence-electron chi connectivity index (χ0n) is 21.1. The van der Waals surface area contributed by atoms with Crippen LogP contribution in [0.4, 0.5) is 13.2 Å². The first-order valence-corrected chi connectivity index (χ1v) is 13.1. The molecule has 0 aliphatic carbocycles. The van der Waals surface area contributed by atoms with Gasteiger partial charge in [-0.1, -0.05) is 33.1 Å². The fraction of sp³-hybridized carbons (Fsp3) is 0.560. The van der Waals surface area contributed by atoms with Gasteiger partial charge in [-0.05, 0) is 43.0 Å². The molecule has 2 aromatic rings. The van der Waals surface area contributed by atoms with Crippen molar-refractivity contribution in [3.63, 3.8) is 0 Å². The number of amides is 2. The Labute approximate surface area is 218 Å². The Morgan fingerprint density at radius 2 is 1.81 bits per heavy atom. The highest BCUT2D eigenvalue weighted by Gasteiger charge is 2.31. The lowest BCUT2D eigenvalue weighted by Gasteiger charge is -2.14. The maximum absolute atomic E-state index is 12.3. The number of hydrogen-bond donors (Lipinski definition) is 2. The number of alkyl halides is 3. The van der Waals surface area contributed by atoms with Gasteiger partial charge in [-0.2, -0.15) is 0 Å². The third-order valence-electron chi connectivity index (χ3n) is 5.30. The second-order valence-electron chi connectivity index (χ2n) is 8.31. The van der Waals surface area contributed by atoms with Crippen LogP contribution in [0.3, 0.4) is 0 Å². The molecule has 0 saturated heterocycles. The number of carbonyl (C=O) groups is 2. The normalized spacial score (nSPS) is 12.1. The molecule has 1 unspecified atom stereocenters. The third kappa shape index (κ3) is 12.8. The summed E-state index contributed by atoms with van der Waals surface area (Å²) in [5.74, 6) is -0.321. The summed E-state index contributed by atoms with van der Waals surface area (Å²) in [6, 6.07) is 4.71. The summed E-state index contributed by atoms with van der Waals surface area (Å²) in [5.41, 5.74) is 0.276. The zero-order valence-corrected chi connectivity index (χ0v) is 21.9. The molecule has 2 N–H and O–H groups in total. The van der Waals surface area contributed by atoms with Crippen LogP contribution in [0.2, 0.25) is 0 Å². The van der Waals surface area contributed by atoms with Crippen molar-refractivity contribution >= 4 is 23.2 Å². The molecule has 2 amide bonds. The fourth-order valence-electron chi connectivity index (χ4n) is 3.22. The summed E-state index contributed by atoms with van der Waals surface area (Å²) in [6.07, 6.45) is 0.620. The van der Waals surface area contributed by atoms with Crippen molar-refractivity contribution in [2.45, 2.75) is 58.9 Å². The SMILES string of the molecule is CCCCC(CC)COCCCNC(=O)c1csc(CNC(=O)COc2ccc(OC(F)(F)F)cc2)n1. The monoisotopic (exact) mass is 545 g/mol. The highest BCUT2D eigenvalue weighted by molar-refractivity contribution is 7.09. The van der Waals surface area contributed by atoms with Gasteiger partial charge in [0.15, 0.2) is 6.61 Å². The molecule has 37 heavy (non-hydrogen) atoms. The van der Waals surface area contributed by atoms with Crippen LogP contribution in [0.25, 0.3) is 0 Å². The van der Waals surface area contributed by atoms with Gasteiger partial charge in [-0.3, -0.25) is 9.59 Å². The lowest BCUT2D eigenvalue weighted by Crippen LogP contribution is -2.28. The molecule has 2 rings (SSSR count). The minimum Gasteiger partial charge on any atom is -0.484 e. The second-order valence-corrected chi connectivity index (χ2v) is 9.25. The lowest BCUT2D eigenvalue weighted by atomic mass is 10.0. The topological polar surface area (TPSA) is 98.8 Å². The van der Waals surface area contributed by atoms with Gasteiger partial charge in [0.25, 0.3) is 11.8 Å². The van der Waals surface area contributed by atoms with Gasteiger partial charge in [0.05, 0.1) is 6.54 Å². The van der Waals surface area contributed by atoms with Crippen molar-refractivity contribution < 1.29 is 37.0 Å². The molecule has 0 aliphatic rings. The Kier molecular flexibility index (Phi) is 13.2. The van der Waals surface area contributed by atoms with Crippen molar-refractivity contribution in [1.82, 2.24) is 15.6 Å². The van der Waals surface area contributed by atoms with Gasteiger partial charge >= 0.3 is 6.36 Å². The Hall–Kier alpha value is -2.86. The molecular weight excluding hydrogens is 511 g/mol. The number of benzene rings is 1. The number of nitrogens with one attached hydrogen (secondary N) is 2. The minimum atomic E-state index is -4.78. The van der Waals surface area contributed by atoms with E-state index in [1.54, 1.807) is 5.38 Å². The molecule has 0 fully saturated rings. The first-order valence-electron chi connectivity index (χ1n) is 12.3. The quantitative estimate of drug-likeness (QED) is 0.269. The summed E-state index contributed by atoms with van der Waals surface area (Å²) in [7, 11) is 0. The Balaban J connectivity index is 1.61. The second kappa shape index (κ2) is 16.1. The molecule has 12 heteroatoms. The van der Waals surface area contributed by atoms with Crippen LogP contribution in [0.1, 0.15) is 61.4 Å². The van der Waals surface area contributed by atoms with Crippen LogP contribution < -0.4 is 20.1 Å². The molecule has 1 atom stereocenters. The van der Waals surface area contributed by atoms with Crippen molar-refractivity contribution in [1.29, 1.82) is 0 Å². The van der Waals surface area contributed by atoms with Crippen LogP contribution in [-0.2, 0) is 16.1 Å². The van der Waals surface area contributed by atoms with E-state index in [4.69, 9.17) is 9.47 Å². The molecule has 0 saturated carbocycles. The van der Waals surface area contributed by atoms with E-state index in [2.05, 4.69) is 34.2 Å². The Bertz CT molecular complexity index is 954. The zero-order chi connectivity index (χ0) is 27.1. The van der Waals surface area contributed by atoms with E-state index in [0.29, 0.717) is 30.5 Å². The van der Waals surface area contributed by atoms with Gasteiger partial charge in [0.2, 0.25) is 0 Å². The molecule has 0 radical (unpaired) electrons. The number of ether oxygens (including phenoxy) is 3. The fourth-order valence-corrected chi connectivity index (χ4v) is 3.94. The van der Waals surface area contributed by atoms with Crippen molar-refractivity contribution in [2.75, 3.05) is 26.4 Å². The molecular formula is C25H34F3N3O5S. The number of hydrogen-bond acceptors (Lipinski definition) is 7. The molecule has 0 bridgehead atoms. The minimum absolute atomic E-state index is 0.114. The molecule has 8 nitrogen and oxygen atoms in total. The van der Waals surface area contributed by atoms with Gasteiger partial charge < -0.3 is 24.8 Å². The van der Waals surface area contributed by atoms with Crippen LogP contribution in [0, 0.1) is 5.92 Å². The van der Waals surface area contributed by atoms with Crippen LogP contribution in [0.5, 0.6) is 11.5 Å². The summed E-state index contributed by atoms with van der Waals surface area (Å²) >= 11 is 1.24. The number of thiazole rings is 1. The Morgan fingerprint density at radius 3 is 2.49 bits per heavy atom. The van der Waals surface area contributed by atoms with E-state index < -0.39 is 12.3 Å². The summed E-state index contributed by atoms with van der Waals surface area (Å²) in [5, 5.41) is 7.60. The van der Waals surface area contributed by atoms with E-state index in [1.165, 1.54) is 42.7 Å². The maximum atomic E-state index is 12.3. The number of unbranched alkanes of at least 4 members (excludes halogenated alkanes) is 1. The van der Waals surface area contributed by atoms with Crippen LogP contribution >= 0.6 is 11.3 Å². The van der Waals surface area contributed by atoms with E-state index in [0.717, 1.165) is 25.2 Å². The van der Waals surface area contributed by atoms with E-state index >= 15 is 0 Å². The number of carbonyl (C=O) groups excluding carboxylic acids is 2. The van der Waals surface area contributed by atoms with Crippen LogP contribution in [-0.4, -0.2) is 49.5 Å². The predicted molar refractivity (Wildman–Crippen MR) is 134 cm³/mol. The number of aromatic nitrogens is 1. The predicted octanol–water partition coefficient (Wildman–Crippen LogP) is 5.09. The largest absolute Gasteiger partial charge is 0.573 e. The van der Waals surface area contributed by atoms with E-state index in [-0.39, 0.29) is 36.3 Å². The van der Waals surface area contributed by atoms with Gasteiger partial charge in [-0.15, -0.1) is 24.5 Å². The first kappa shape index (κ1) is 30.4. The highest BCUT2D eigenvalue weighted by atomic mass is 32.1. The van der Waals surface area contributed by atoms with Gasteiger partial charge in [0, 0.05) is 25.1 Å². The molecule has 1 aromatic carbocycles. The van der Waals surface area contributed by atoms with Crippen LogP contribution in [0.15, 0.2) is 29.6 Å². The molecule has 0 spiro atoms. The third-order valence-corrected chi connectivity index (χ3v) is 6.15. The number of halogens is 3. The average molecular weight is 546 g/mol. The summed E-state index contributed by atoms with van der Waals surface area (Å²) < 4.78 is 51.3. The molecule has 0 aliphatic heterocycles. The van der Waals surface area contributed by atoms with Gasteiger partial charge in [0.1, 0.15) is 22.2 Å². The van der Waals surface area contributed by atoms with E-state index in [9.17, 15) is 22.8 Å². The molecule has 1 heterocycles. The highest BCUT2D eigenvalue weighted by Crippen LogP contribution is 2.24. The maximum Gasteiger partial charge on any atom is 0.573 e. The number of rotatable bonds is 17. The standard InChI is InChI=1S/C25H34F3N3O5S/c1-3-5-7-18(4-2)15-34-13-6-12-29-24(33)21-17-37-23(31-21)14-30-22(32)16-35-19-8-10-20(11-9-19)36-25(26,27)28/h8-11,17-18H,3-7,12-16H2,1-2H3,(H,29,33)(H,30,32). The lowest BCUT2D eigenvalue weighted by molar-refractivity contribution is -0.274. The Morgan fingerprint density at radius 1 is 1.08 bits per heavy atom. The first-order chi connectivity index (χ1) is 17.7.